The van der Waals surface area contributed by atoms with Crippen LogP contribution in [0.3, 0.4) is 0 Å². The lowest BCUT2D eigenvalue weighted by atomic mass is 10.0. The molecule has 2 amide bonds. The van der Waals surface area contributed by atoms with Gasteiger partial charge in [-0.25, -0.2) is 27.3 Å². The first kappa shape index (κ1) is 51.3. The summed E-state index contributed by atoms with van der Waals surface area (Å²) in [5.41, 5.74) is -0.935. The highest BCUT2D eigenvalue weighted by Gasteiger charge is 2.47. The van der Waals surface area contributed by atoms with E-state index in [4.69, 9.17) is 5.10 Å². The normalized spacial score (nSPS) is 13.7. The van der Waals surface area contributed by atoms with Crippen molar-refractivity contribution < 1.29 is 52.9 Å². The van der Waals surface area contributed by atoms with Crippen LogP contribution in [0.25, 0.3) is 44.1 Å². The highest BCUT2D eigenvalue weighted by Crippen LogP contribution is 2.51. The maximum absolute atomic E-state index is 13.4. The minimum atomic E-state index is -5.87. The summed E-state index contributed by atoms with van der Waals surface area (Å²) in [6.07, 6.45) is 4.47. The van der Waals surface area contributed by atoms with E-state index in [1.807, 2.05) is 60.7 Å². The van der Waals surface area contributed by atoms with Crippen molar-refractivity contribution in [3.05, 3.63) is 154 Å². The number of anilines is 2. The number of rotatable bonds is 14. The Morgan fingerprint density at radius 1 is 0.712 bits per heavy atom. The first-order valence-corrected chi connectivity index (χ1v) is 23.6. The van der Waals surface area contributed by atoms with E-state index in [1.165, 1.54) is 44.3 Å². The van der Waals surface area contributed by atoms with E-state index in [2.05, 4.69) is 40.3 Å². The number of nitrogens with one attached hydrogen (secondary N) is 4. The lowest BCUT2D eigenvalue weighted by molar-refractivity contribution is -0.0572. The number of hydrogen-bond donors (Lipinski definition) is 4. The topological polar surface area (TPSA) is 229 Å². The summed E-state index contributed by atoms with van der Waals surface area (Å²) < 4.78 is 107. The van der Waals surface area contributed by atoms with Crippen LogP contribution in [0, 0.1) is 11.8 Å². The molecule has 0 bridgehead atoms. The first-order chi connectivity index (χ1) is 34.9. The summed E-state index contributed by atoms with van der Waals surface area (Å²) >= 11 is 0. The van der Waals surface area contributed by atoms with E-state index < -0.39 is 47.5 Å². The molecular weight excluding hydrogens is 994 g/mol. The summed E-state index contributed by atoms with van der Waals surface area (Å²) in [6.45, 7) is -2.36. The van der Waals surface area contributed by atoms with Crippen molar-refractivity contribution in [3.63, 3.8) is 0 Å². The van der Waals surface area contributed by atoms with Gasteiger partial charge >= 0.3 is 15.6 Å². The molecule has 0 radical (unpaired) electrons. The van der Waals surface area contributed by atoms with E-state index in [0.29, 0.717) is 45.2 Å². The Kier molecular flexibility index (Phi) is 15.3. The van der Waals surface area contributed by atoms with Gasteiger partial charge in [-0.1, -0.05) is 60.7 Å². The third-order valence-electron chi connectivity index (χ3n) is 11.5. The smallest absolute Gasteiger partial charge is 0.322 e. The minimum absolute atomic E-state index is 0.0112. The van der Waals surface area contributed by atoms with Gasteiger partial charge in [0.2, 0.25) is 0 Å². The molecule has 0 unspecified atom stereocenters. The van der Waals surface area contributed by atoms with Crippen molar-refractivity contribution in [1.29, 1.82) is 0 Å². The van der Waals surface area contributed by atoms with Crippen LogP contribution in [0.4, 0.5) is 42.1 Å². The van der Waals surface area contributed by atoms with Crippen molar-refractivity contribution >= 4 is 54.9 Å². The number of fused-ring (bicyclic) bond motifs is 2. The minimum Gasteiger partial charge on any atom is -0.322 e. The highest BCUT2D eigenvalue weighted by atomic mass is 32.2. The van der Waals surface area contributed by atoms with E-state index in [0.717, 1.165) is 32.3 Å². The number of amides is 2. The fourth-order valence-corrected chi connectivity index (χ4v) is 8.17. The van der Waals surface area contributed by atoms with Crippen molar-refractivity contribution in [1.82, 2.24) is 40.0 Å². The predicted octanol–water partition coefficient (Wildman–Crippen LogP) is 8.82. The van der Waals surface area contributed by atoms with Gasteiger partial charge in [-0.2, -0.15) is 42.0 Å². The Bertz CT molecular complexity index is 3460. The summed E-state index contributed by atoms with van der Waals surface area (Å²) in [4.78, 5) is 49.8. The number of halogens is 7. The Hall–Kier alpha value is -8.06. The molecule has 0 spiro atoms. The van der Waals surface area contributed by atoms with Gasteiger partial charge in [0, 0.05) is 45.7 Å². The number of carbonyl (C=O) groups excluding carboxylic acids is 2. The number of benzene rings is 4. The van der Waals surface area contributed by atoms with Crippen LogP contribution < -0.4 is 21.8 Å². The second-order valence-electron chi connectivity index (χ2n) is 16.7. The molecule has 2 saturated carbocycles. The molecule has 0 saturated heterocycles. The second kappa shape index (κ2) is 21.7. The predicted molar refractivity (Wildman–Crippen MR) is 253 cm³/mol. The largest absolute Gasteiger partial charge is 0.523 e. The van der Waals surface area contributed by atoms with Crippen LogP contribution in [0.2, 0.25) is 0 Å². The molecule has 2 fully saturated rings. The molecule has 0 aliphatic heterocycles. The van der Waals surface area contributed by atoms with Crippen molar-refractivity contribution in [2.75, 3.05) is 17.2 Å². The molecule has 4 aromatic carbocycles. The molecule has 8 aromatic rings. The van der Waals surface area contributed by atoms with E-state index in [-0.39, 0.29) is 28.6 Å². The fraction of sp³-hybridized carbons (Fsp3) is 0.250. The van der Waals surface area contributed by atoms with Crippen molar-refractivity contribution in [2.24, 2.45) is 11.8 Å². The number of carbonyl (C=O) groups is 2. The Labute approximate surface area is 408 Å². The second-order valence-corrected chi connectivity index (χ2v) is 18.3. The van der Waals surface area contributed by atoms with Gasteiger partial charge in [-0.3, -0.25) is 33.1 Å². The standard InChI is InChI=1S/C25H23N5O2.C20H15F2N5O2.C3H3F5O3S/c31-24(18-13-26-27-14-18)28-19-11-9-15(10-12-19)22-20-3-1-2-4-21(20)25(32)30(29-22)23(16-5-6-16)17-7-8-17;21-17(22)11-27-10-13(9-23-27)19(28)24-14-7-5-12(6-8-14)18-15-3-1-2-4-16(15)20(29)26-25-18;4-2(5)1-11-12(9,10)3(6,7)8/h1-4,9-14,16-17,23H,5-8H2,(H,26,27)(H,28,31);1-10,17H,11H2,(H,24,28)(H,26,29);2H,1H2. The molecule has 380 valence electrons. The molecule has 2 aliphatic rings. The maximum Gasteiger partial charge on any atom is 0.523 e. The third kappa shape index (κ3) is 12.5. The number of alkyl halides is 7. The summed E-state index contributed by atoms with van der Waals surface area (Å²) in [5, 5.41) is 30.1. The SMILES string of the molecule is O=C(Nc1ccc(-c2n[nH]c(=O)c3ccccc23)cc1)c1cnn(CC(F)F)c1.O=C(Nc1ccc(-c2nn(C(C3CC3)C3CC3)c(=O)c3ccccc23)cc1)c1cn[nH]c1.O=S(=O)(OCC(F)F)C(F)(F)F. The summed E-state index contributed by atoms with van der Waals surface area (Å²) in [7, 11) is -5.87. The Morgan fingerprint density at radius 3 is 1.77 bits per heavy atom. The average molecular weight is 1030 g/mol. The van der Waals surface area contributed by atoms with Gasteiger partial charge in [-0.15, -0.1) is 0 Å². The Balaban J connectivity index is 0.000000161. The van der Waals surface area contributed by atoms with Crippen molar-refractivity contribution in [3.8, 4) is 22.5 Å². The average Bonchev–Trinajstić information content (AvgIpc) is 4.28. The van der Waals surface area contributed by atoms with E-state index in [1.54, 1.807) is 47.3 Å². The molecule has 25 heteroatoms. The van der Waals surface area contributed by atoms with Crippen LogP contribution in [-0.2, 0) is 20.8 Å². The number of aromatic amines is 2. The monoisotopic (exact) mass is 1030 g/mol. The molecular formula is C48H41F7N10O7S. The fourth-order valence-electron chi connectivity index (χ4n) is 7.75. The van der Waals surface area contributed by atoms with Gasteiger partial charge in [0.25, 0.3) is 35.8 Å². The molecule has 73 heavy (non-hydrogen) atoms. The lowest BCUT2D eigenvalue weighted by Gasteiger charge is -2.20. The number of nitrogens with zero attached hydrogens (tertiary/aromatic N) is 6. The molecule has 2 aliphatic carbocycles. The Morgan fingerprint density at radius 2 is 1.25 bits per heavy atom. The molecule has 4 aromatic heterocycles. The first-order valence-electron chi connectivity index (χ1n) is 22.2. The molecule has 10 rings (SSSR count). The summed E-state index contributed by atoms with van der Waals surface area (Å²) in [5.74, 6) is 0.468. The zero-order valence-corrected chi connectivity index (χ0v) is 38.6. The molecule has 4 heterocycles. The van der Waals surface area contributed by atoms with Crippen LogP contribution in [0.1, 0.15) is 52.4 Å². The quantitative estimate of drug-likeness (QED) is 0.0457. The number of aromatic nitrogens is 8. The zero-order chi connectivity index (χ0) is 52.0. The lowest BCUT2D eigenvalue weighted by Crippen LogP contribution is -2.30. The van der Waals surface area contributed by atoms with Crippen LogP contribution >= 0.6 is 0 Å². The van der Waals surface area contributed by atoms with Crippen LogP contribution in [-0.4, -0.2) is 85.2 Å². The molecule has 0 atom stereocenters. The third-order valence-corrected chi connectivity index (χ3v) is 12.5. The zero-order valence-electron chi connectivity index (χ0n) is 37.8. The van der Waals surface area contributed by atoms with Gasteiger partial charge in [-0.05, 0) is 73.9 Å². The maximum atomic E-state index is 13.4. The van der Waals surface area contributed by atoms with E-state index in [9.17, 15) is 58.3 Å². The van der Waals surface area contributed by atoms with Gasteiger partial charge in [0.1, 0.15) is 13.2 Å². The van der Waals surface area contributed by atoms with Crippen molar-refractivity contribution in [2.45, 2.75) is 56.6 Å². The molecule has 17 nitrogen and oxygen atoms in total. The van der Waals surface area contributed by atoms with Crippen LogP contribution in [0.15, 0.2) is 131 Å². The van der Waals surface area contributed by atoms with Gasteiger partial charge in [0.05, 0.1) is 51.7 Å². The van der Waals surface area contributed by atoms with Gasteiger partial charge in [0.15, 0.2) is 0 Å². The van der Waals surface area contributed by atoms with Crippen LogP contribution in [0.5, 0.6) is 0 Å². The number of H-pyrrole nitrogens is 2. The van der Waals surface area contributed by atoms with Gasteiger partial charge < -0.3 is 10.6 Å². The number of hydrogen-bond acceptors (Lipinski definition) is 11. The highest BCUT2D eigenvalue weighted by molar-refractivity contribution is 7.87. The molecule has 4 N–H and O–H groups in total. The summed E-state index contributed by atoms with van der Waals surface area (Å²) in [6, 6.07) is 29.6. The van der Waals surface area contributed by atoms with E-state index >= 15 is 0 Å².